The van der Waals surface area contributed by atoms with E-state index in [-0.39, 0.29) is 28.2 Å². The SMILES string of the molecule is O=C(NN=Cc1ccc(OCc2ccc(C(F)(F)F)cc2C(F)(F)F)c2ccccc12)c1ccc(O)c(Cl)c1. The van der Waals surface area contributed by atoms with Crippen LogP contribution in [0.5, 0.6) is 11.5 Å². The van der Waals surface area contributed by atoms with E-state index >= 15 is 0 Å². The van der Waals surface area contributed by atoms with E-state index in [1.807, 2.05) is 0 Å². The van der Waals surface area contributed by atoms with Crippen LogP contribution in [-0.4, -0.2) is 17.2 Å². The number of nitrogens with zero attached hydrogens (tertiary/aromatic N) is 1. The van der Waals surface area contributed by atoms with Crippen LogP contribution in [0, 0.1) is 0 Å². The molecule has 0 unspecified atom stereocenters. The summed E-state index contributed by atoms with van der Waals surface area (Å²) in [5.41, 5.74) is -0.279. The van der Waals surface area contributed by atoms with Gasteiger partial charge in [-0.15, -0.1) is 0 Å². The summed E-state index contributed by atoms with van der Waals surface area (Å²) >= 11 is 5.81. The molecule has 4 rings (SSSR count). The van der Waals surface area contributed by atoms with Gasteiger partial charge in [0.2, 0.25) is 0 Å². The summed E-state index contributed by atoms with van der Waals surface area (Å²) in [6.07, 6.45) is -8.59. The first-order valence-electron chi connectivity index (χ1n) is 11.1. The van der Waals surface area contributed by atoms with E-state index < -0.39 is 41.6 Å². The fourth-order valence-corrected chi connectivity index (χ4v) is 3.88. The van der Waals surface area contributed by atoms with Crippen LogP contribution in [0.4, 0.5) is 26.3 Å². The number of ether oxygens (including phenoxy) is 1. The summed E-state index contributed by atoms with van der Waals surface area (Å²) in [5.74, 6) is -0.577. The van der Waals surface area contributed by atoms with Crippen LogP contribution in [0.15, 0.2) is 77.9 Å². The van der Waals surface area contributed by atoms with Gasteiger partial charge in [0.05, 0.1) is 22.4 Å². The zero-order valence-corrected chi connectivity index (χ0v) is 20.3. The van der Waals surface area contributed by atoms with Gasteiger partial charge in [0.1, 0.15) is 18.1 Å². The lowest BCUT2D eigenvalue weighted by molar-refractivity contribution is -0.143. The molecule has 5 nitrogen and oxygen atoms in total. The molecule has 39 heavy (non-hydrogen) atoms. The summed E-state index contributed by atoms with van der Waals surface area (Å²) in [7, 11) is 0. The fraction of sp³-hybridized carbons (Fsp3) is 0.111. The van der Waals surface area contributed by atoms with E-state index in [2.05, 4.69) is 10.5 Å². The van der Waals surface area contributed by atoms with Gasteiger partial charge in [-0.05, 0) is 47.9 Å². The van der Waals surface area contributed by atoms with Crippen molar-refractivity contribution in [2.75, 3.05) is 0 Å². The van der Waals surface area contributed by atoms with Crippen molar-refractivity contribution >= 4 is 34.5 Å². The van der Waals surface area contributed by atoms with Crippen molar-refractivity contribution in [2.45, 2.75) is 19.0 Å². The zero-order valence-electron chi connectivity index (χ0n) is 19.6. The maximum Gasteiger partial charge on any atom is 0.416 e. The van der Waals surface area contributed by atoms with Crippen LogP contribution in [0.25, 0.3) is 10.8 Å². The number of amides is 1. The van der Waals surface area contributed by atoms with Gasteiger partial charge in [0, 0.05) is 22.1 Å². The highest BCUT2D eigenvalue weighted by Gasteiger charge is 2.38. The monoisotopic (exact) mass is 566 g/mol. The lowest BCUT2D eigenvalue weighted by Gasteiger charge is -2.17. The number of aromatic hydroxyl groups is 1. The molecule has 0 saturated heterocycles. The predicted molar refractivity (Wildman–Crippen MR) is 133 cm³/mol. The number of fused-ring (bicyclic) bond motifs is 1. The summed E-state index contributed by atoms with van der Waals surface area (Å²) in [6, 6.07) is 15.0. The number of hydrogen-bond donors (Lipinski definition) is 2. The molecular weight excluding hydrogens is 550 g/mol. The molecule has 4 aromatic rings. The second-order valence-corrected chi connectivity index (χ2v) is 8.63. The molecule has 0 aliphatic rings. The van der Waals surface area contributed by atoms with Gasteiger partial charge in [-0.1, -0.05) is 41.9 Å². The highest BCUT2D eigenvalue weighted by atomic mass is 35.5. The van der Waals surface area contributed by atoms with Gasteiger partial charge in [0.25, 0.3) is 5.91 Å². The number of alkyl halides is 6. The number of halogens is 7. The molecule has 0 spiro atoms. The van der Waals surface area contributed by atoms with Gasteiger partial charge >= 0.3 is 12.4 Å². The molecule has 202 valence electrons. The summed E-state index contributed by atoms with van der Waals surface area (Å²) < 4.78 is 84.9. The third kappa shape index (κ3) is 6.43. The van der Waals surface area contributed by atoms with Gasteiger partial charge in [-0.2, -0.15) is 31.4 Å². The Morgan fingerprint density at radius 2 is 1.64 bits per heavy atom. The maximum absolute atomic E-state index is 13.5. The number of carbonyl (C=O) groups excluding carboxylic acids is 1. The molecule has 2 N–H and O–H groups in total. The molecule has 12 heteroatoms. The van der Waals surface area contributed by atoms with Gasteiger partial charge in [0.15, 0.2) is 0 Å². The lowest BCUT2D eigenvalue weighted by atomic mass is 10.0. The lowest BCUT2D eigenvalue weighted by Crippen LogP contribution is -2.17. The fourth-order valence-electron chi connectivity index (χ4n) is 3.70. The molecule has 0 heterocycles. The summed E-state index contributed by atoms with van der Waals surface area (Å²) in [6.45, 7) is -0.629. The topological polar surface area (TPSA) is 70.9 Å². The normalized spacial score (nSPS) is 12.2. The molecule has 0 saturated carbocycles. The Labute approximate surface area is 222 Å². The van der Waals surface area contributed by atoms with E-state index in [0.717, 1.165) is 6.07 Å². The number of benzene rings is 4. The Balaban J connectivity index is 1.56. The third-order valence-corrected chi connectivity index (χ3v) is 5.93. The number of carbonyl (C=O) groups is 1. The largest absolute Gasteiger partial charge is 0.506 e. The van der Waals surface area contributed by atoms with Crippen LogP contribution in [0.3, 0.4) is 0 Å². The molecule has 0 radical (unpaired) electrons. The molecule has 4 aromatic carbocycles. The number of rotatable bonds is 6. The number of hydrogen-bond acceptors (Lipinski definition) is 4. The number of hydrazone groups is 1. The zero-order chi connectivity index (χ0) is 28.4. The van der Waals surface area contributed by atoms with Crippen molar-refractivity contribution in [1.29, 1.82) is 0 Å². The Bertz CT molecular complexity index is 1570. The molecule has 0 aliphatic heterocycles. The van der Waals surface area contributed by atoms with Gasteiger partial charge < -0.3 is 9.84 Å². The van der Waals surface area contributed by atoms with Crippen LogP contribution in [0.1, 0.15) is 32.6 Å². The van der Waals surface area contributed by atoms with Gasteiger partial charge in [-0.3, -0.25) is 4.79 Å². The molecule has 0 fully saturated rings. The van der Waals surface area contributed by atoms with Crippen molar-refractivity contribution in [3.05, 3.63) is 106 Å². The Hall–Kier alpha value is -4.25. The van der Waals surface area contributed by atoms with Crippen molar-refractivity contribution in [3.8, 4) is 11.5 Å². The van der Waals surface area contributed by atoms with Crippen molar-refractivity contribution in [2.24, 2.45) is 5.10 Å². The van der Waals surface area contributed by atoms with E-state index in [0.29, 0.717) is 22.4 Å². The molecular formula is C27H17ClF6N2O3. The highest BCUT2D eigenvalue weighted by Crippen LogP contribution is 2.38. The number of nitrogens with one attached hydrogen (secondary N) is 1. The van der Waals surface area contributed by atoms with Crippen LogP contribution in [-0.2, 0) is 19.0 Å². The minimum atomic E-state index is -5.02. The highest BCUT2D eigenvalue weighted by molar-refractivity contribution is 6.32. The van der Waals surface area contributed by atoms with Crippen molar-refractivity contribution < 1.29 is 41.0 Å². The van der Waals surface area contributed by atoms with E-state index in [9.17, 15) is 36.2 Å². The maximum atomic E-state index is 13.5. The Morgan fingerprint density at radius 3 is 2.31 bits per heavy atom. The third-order valence-electron chi connectivity index (χ3n) is 5.62. The molecule has 0 aliphatic carbocycles. The Morgan fingerprint density at radius 1 is 0.923 bits per heavy atom. The smallest absolute Gasteiger partial charge is 0.416 e. The second-order valence-electron chi connectivity index (χ2n) is 8.22. The molecule has 0 bridgehead atoms. The van der Waals surface area contributed by atoms with Crippen molar-refractivity contribution in [3.63, 3.8) is 0 Å². The standard InChI is InChI=1S/C27H17ClF6N2O3/c28-22-11-15(6-9-23(22)37)25(38)36-35-13-16-7-10-24(20-4-2-1-3-19(16)20)39-14-17-5-8-18(26(29,30)31)12-21(17)27(32,33)34/h1-13,37H,14H2,(H,36,38). The minimum absolute atomic E-state index is 0.00754. The molecule has 1 amide bonds. The van der Waals surface area contributed by atoms with Gasteiger partial charge in [-0.25, -0.2) is 5.43 Å². The Kier molecular flexibility index (Phi) is 7.73. The average Bonchev–Trinajstić information content (AvgIpc) is 2.88. The summed E-state index contributed by atoms with van der Waals surface area (Å²) in [5, 5.41) is 14.5. The van der Waals surface area contributed by atoms with Crippen LogP contribution >= 0.6 is 11.6 Å². The van der Waals surface area contributed by atoms with Crippen molar-refractivity contribution in [1.82, 2.24) is 5.43 Å². The first-order chi connectivity index (χ1) is 18.3. The average molecular weight is 567 g/mol. The molecule has 0 atom stereocenters. The van der Waals surface area contributed by atoms with Crippen LogP contribution in [0.2, 0.25) is 5.02 Å². The first kappa shape index (κ1) is 27.8. The van der Waals surface area contributed by atoms with E-state index in [1.165, 1.54) is 30.5 Å². The first-order valence-corrected chi connectivity index (χ1v) is 11.5. The second kappa shape index (κ2) is 10.9. The molecule has 0 aromatic heterocycles. The number of phenolic OH excluding ortho intramolecular Hbond substituents is 1. The van der Waals surface area contributed by atoms with Crippen LogP contribution < -0.4 is 10.2 Å². The predicted octanol–water partition coefficient (Wildman–Crippen LogP) is 7.58. The van der Waals surface area contributed by atoms with E-state index in [4.69, 9.17) is 16.3 Å². The minimum Gasteiger partial charge on any atom is -0.506 e. The number of phenols is 1. The quantitative estimate of drug-likeness (QED) is 0.144. The van der Waals surface area contributed by atoms with E-state index in [1.54, 1.807) is 30.3 Å². The summed E-state index contributed by atoms with van der Waals surface area (Å²) in [4.78, 5) is 12.3.